The minimum absolute atomic E-state index is 0.139. The lowest BCUT2D eigenvalue weighted by molar-refractivity contribution is -0.0818. The van der Waals surface area contributed by atoms with E-state index in [1.54, 1.807) is 0 Å². The first-order chi connectivity index (χ1) is 7.72. The van der Waals surface area contributed by atoms with Crippen LogP contribution in [0.2, 0.25) is 0 Å². The van der Waals surface area contributed by atoms with Crippen LogP contribution in [0, 0.1) is 0 Å². The van der Waals surface area contributed by atoms with Crippen molar-refractivity contribution in [3.05, 3.63) is 12.7 Å². The van der Waals surface area contributed by atoms with Crippen LogP contribution in [-0.4, -0.2) is 18.8 Å². The highest BCUT2D eigenvalue weighted by Crippen LogP contribution is 2.39. The average Bonchev–Trinajstić information content (AvgIpc) is 2.23. The zero-order chi connectivity index (χ0) is 11.9. The van der Waals surface area contributed by atoms with Crippen LogP contribution >= 0.6 is 0 Å². The Labute approximate surface area is 100 Å². The normalized spacial score (nSPS) is 20.1. The quantitative estimate of drug-likeness (QED) is 0.482. The average molecular weight is 225 g/mol. The van der Waals surface area contributed by atoms with E-state index in [0.717, 1.165) is 19.3 Å². The third kappa shape index (κ3) is 4.26. The van der Waals surface area contributed by atoms with Gasteiger partial charge >= 0.3 is 0 Å². The molecule has 1 atom stereocenters. The van der Waals surface area contributed by atoms with Gasteiger partial charge in [-0.25, -0.2) is 0 Å². The summed E-state index contributed by atoms with van der Waals surface area (Å²) < 4.78 is 5.60. The highest BCUT2D eigenvalue weighted by Gasteiger charge is 2.37. The molecule has 2 nitrogen and oxygen atoms in total. The Kier molecular flexibility index (Phi) is 6.07. The summed E-state index contributed by atoms with van der Waals surface area (Å²) in [7, 11) is 1.83. The standard InChI is InChI=1S/C14H27NO/c1-3-4-5-6-7-9-13(15)12-14(16-2)10-8-11-14/h3,13H,1,4-12,15H2,2H3. The molecule has 0 spiro atoms. The maximum absolute atomic E-state index is 6.16. The van der Waals surface area contributed by atoms with Crippen molar-refractivity contribution in [2.45, 2.75) is 69.4 Å². The molecule has 0 saturated heterocycles. The molecule has 1 unspecified atom stereocenters. The van der Waals surface area contributed by atoms with Crippen LogP contribution in [0.15, 0.2) is 12.7 Å². The predicted molar refractivity (Wildman–Crippen MR) is 69.5 cm³/mol. The van der Waals surface area contributed by atoms with Crippen molar-refractivity contribution in [2.75, 3.05) is 7.11 Å². The number of nitrogens with two attached hydrogens (primary N) is 1. The fourth-order valence-electron chi connectivity index (χ4n) is 2.51. The van der Waals surface area contributed by atoms with Crippen molar-refractivity contribution >= 4 is 0 Å². The maximum atomic E-state index is 6.16. The van der Waals surface area contributed by atoms with Crippen molar-refractivity contribution in [3.8, 4) is 0 Å². The van der Waals surface area contributed by atoms with Crippen LogP contribution in [0.25, 0.3) is 0 Å². The second-order valence-electron chi connectivity index (χ2n) is 5.13. The first kappa shape index (κ1) is 13.7. The molecule has 1 rings (SSSR count). The summed E-state index contributed by atoms with van der Waals surface area (Å²) in [5.41, 5.74) is 6.30. The van der Waals surface area contributed by atoms with E-state index in [9.17, 15) is 0 Å². The molecule has 16 heavy (non-hydrogen) atoms. The Morgan fingerprint density at radius 3 is 2.62 bits per heavy atom. The van der Waals surface area contributed by atoms with Gasteiger partial charge in [0.05, 0.1) is 5.60 Å². The number of rotatable bonds is 9. The Balaban J connectivity index is 2.06. The fraction of sp³-hybridized carbons (Fsp3) is 0.857. The van der Waals surface area contributed by atoms with Crippen LogP contribution in [0.5, 0.6) is 0 Å². The van der Waals surface area contributed by atoms with Gasteiger partial charge in [-0.05, 0) is 44.9 Å². The molecule has 0 aromatic heterocycles. The molecule has 0 radical (unpaired) electrons. The summed E-state index contributed by atoms with van der Waals surface area (Å²) >= 11 is 0. The summed E-state index contributed by atoms with van der Waals surface area (Å²) in [6, 6.07) is 0.323. The highest BCUT2D eigenvalue weighted by molar-refractivity contribution is 4.92. The lowest BCUT2D eigenvalue weighted by atomic mass is 9.75. The van der Waals surface area contributed by atoms with Crippen LogP contribution in [0.4, 0.5) is 0 Å². The largest absolute Gasteiger partial charge is 0.378 e. The highest BCUT2D eigenvalue weighted by atomic mass is 16.5. The van der Waals surface area contributed by atoms with Gasteiger partial charge in [0.1, 0.15) is 0 Å². The second kappa shape index (κ2) is 7.08. The van der Waals surface area contributed by atoms with E-state index >= 15 is 0 Å². The third-order valence-corrected chi connectivity index (χ3v) is 3.82. The lowest BCUT2D eigenvalue weighted by Crippen LogP contribution is -2.44. The van der Waals surface area contributed by atoms with Crippen molar-refractivity contribution in [3.63, 3.8) is 0 Å². The second-order valence-corrected chi connectivity index (χ2v) is 5.13. The summed E-state index contributed by atoms with van der Waals surface area (Å²) in [5, 5.41) is 0. The minimum atomic E-state index is 0.139. The minimum Gasteiger partial charge on any atom is -0.378 e. The van der Waals surface area contributed by atoms with Crippen LogP contribution in [-0.2, 0) is 4.74 Å². The maximum Gasteiger partial charge on any atom is 0.0693 e. The Hall–Kier alpha value is -0.340. The molecule has 1 fully saturated rings. The van der Waals surface area contributed by atoms with Gasteiger partial charge in [0, 0.05) is 13.2 Å². The van der Waals surface area contributed by atoms with E-state index in [1.807, 2.05) is 13.2 Å². The third-order valence-electron chi connectivity index (χ3n) is 3.82. The molecule has 1 aliphatic carbocycles. The number of allylic oxidation sites excluding steroid dienone is 1. The zero-order valence-corrected chi connectivity index (χ0v) is 10.7. The molecule has 0 heterocycles. The molecule has 1 saturated carbocycles. The van der Waals surface area contributed by atoms with Crippen LogP contribution in [0.3, 0.4) is 0 Å². The summed E-state index contributed by atoms with van der Waals surface area (Å²) in [6.45, 7) is 3.73. The first-order valence-corrected chi connectivity index (χ1v) is 6.64. The topological polar surface area (TPSA) is 35.2 Å². The number of unbranched alkanes of at least 4 members (excludes halogenated alkanes) is 3. The number of hydrogen-bond donors (Lipinski definition) is 1. The Bertz CT molecular complexity index is 193. The van der Waals surface area contributed by atoms with E-state index < -0.39 is 0 Å². The first-order valence-electron chi connectivity index (χ1n) is 6.64. The number of methoxy groups -OCH3 is 1. The molecule has 0 aliphatic heterocycles. The molecule has 0 amide bonds. The van der Waals surface area contributed by atoms with Crippen molar-refractivity contribution in [2.24, 2.45) is 5.73 Å². The molecule has 2 N–H and O–H groups in total. The van der Waals surface area contributed by atoms with Crippen molar-refractivity contribution < 1.29 is 4.74 Å². The molecule has 0 aromatic carbocycles. The number of hydrogen-bond acceptors (Lipinski definition) is 2. The van der Waals surface area contributed by atoms with Gasteiger partial charge in [-0.2, -0.15) is 0 Å². The van der Waals surface area contributed by atoms with Gasteiger partial charge in [0.15, 0.2) is 0 Å². The summed E-state index contributed by atoms with van der Waals surface area (Å²) in [5.74, 6) is 0. The van der Waals surface area contributed by atoms with E-state index in [1.165, 1.54) is 38.5 Å². The monoisotopic (exact) mass is 225 g/mol. The SMILES string of the molecule is C=CCCCCCC(N)CC1(OC)CCC1. The number of ether oxygens (including phenoxy) is 1. The predicted octanol–water partition coefficient (Wildman–Crippen LogP) is 3.41. The van der Waals surface area contributed by atoms with Gasteiger partial charge < -0.3 is 10.5 Å². The van der Waals surface area contributed by atoms with Gasteiger partial charge in [0.25, 0.3) is 0 Å². The van der Waals surface area contributed by atoms with E-state index in [-0.39, 0.29) is 5.60 Å². The molecule has 94 valence electrons. The van der Waals surface area contributed by atoms with Crippen molar-refractivity contribution in [1.82, 2.24) is 0 Å². The zero-order valence-electron chi connectivity index (χ0n) is 10.7. The molecule has 1 aliphatic rings. The molecule has 2 heteroatoms. The van der Waals surface area contributed by atoms with Gasteiger partial charge in [-0.3, -0.25) is 0 Å². The van der Waals surface area contributed by atoms with Gasteiger partial charge in [0.2, 0.25) is 0 Å². The molecular weight excluding hydrogens is 198 g/mol. The molecular formula is C14H27NO. The van der Waals surface area contributed by atoms with Crippen LogP contribution in [0.1, 0.15) is 57.8 Å². The van der Waals surface area contributed by atoms with Gasteiger partial charge in [-0.1, -0.05) is 18.9 Å². The summed E-state index contributed by atoms with van der Waals surface area (Å²) in [4.78, 5) is 0. The summed E-state index contributed by atoms with van der Waals surface area (Å²) in [6.07, 6.45) is 12.8. The molecule has 0 aromatic rings. The van der Waals surface area contributed by atoms with E-state index in [2.05, 4.69) is 6.58 Å². The smallest absolute Gasteiger partial charge is 0.0693 e. The van der Waals surface area contributed by atoms with Gasteiger partial charge in [-0.15, -0.1) is 6.58 Å². The Morgan fingerprint density at radius 1 is 1.38 bits per heavy atom. The van der Waals surface area contributed by atoms with Crippen LogP contribution < -0.4 is 5.73 Å². The van der Waals surface area contributed by atoms with E-state index in [4.69, 9.17) is 10.5 Å². The van der Waals surface area contributed by atoms with Crippen molar-refractivity contribution in [1.29, 1.82) is 0 Å². The van der Waals surface area contributed by atoms with E-state index in [0.29, 0.717) is 6.04 Å². The Morgan fingerprint density at radius 2 is 2.12 bits per heavy atom. The molecule has 0 bridgehead atoms. The lowest BCUT2D eigenvalue weighted by Gasteiger charge is -2.42. The fourth-order valence-corrected chi connectivity index (χ4v) is 2.51.